The molecular weight excluding hydrogens is 1700 g/mol. The van der Waals surface area contributed by atoms with Crippen LogP contribution in [-0.4, -0.2) is 179 Å². The van der Waals surface area contributed by atoms with Crippen molar-refractivity contribution in [3.05, 3.63) is 244 Å². The van der Waals surface area contributed by atoms with Crippen molar-refractivity contribution in [2.24, 2.45) is 5.73 Å². The Balaban J connectivity index is 0.000000190. The minimum Gasteiger partial charge on any atom is -0.384 e. The van der Waals surface area contributed by atoms with Crippen molar-refractivity contribution in [2.45, 2.75) is 44.4 Å². The summed E-state index contributed by atoms with van der Waals surface area (Å²) < 4.78 is 119. The van der Waals surface area contributed by atoms with Crippen LogP contribution in [0, 0.1) is 34.6 Å². The van der Waals surface area contributed by atoms with Crippen molar-refractivity contribution in [1.29, 1.82) is 0 Å². The van der Waals surface area contributed by atoms with E-state index in [9.17, 15) is 43.3 Å². The molecule has 0 bridgehead atoms. The third-order valence-corrected chi connectivity index (χ3v) is 18.6. The number of nitrogens with one attached hydrogen (secondary N) is 5. The van der Waals surface area contributed by atoms with Crippen LogP contribution in [0.2, 0.25) is 15.1 Å². The maximum atomic E-state index is 11.7. The summed E-state index contributed by atoms with van der Waals surface area (Å²) >= 11 is 18.0. The molecule has 0 saturated heterocycles. The van der Waals surface area contributed by atoms with Gasteiger partial charge in [-0.2, -0.15) is 57.2 Å². The molecule has 0 aliphatic carbocycles. The number of nitrogens with two attached hydrogens (primary N) is 7. The van der Waals surface area contributed by atoms with Crippen molar-refractivity contribution >= 4 is 151 Å². The van der Waals surface area contributed by atoms with Gasteiger partial charge in [0.15, 0.2) is 17.3 Å². The van der Waals surface area contributed by atoms with Gasteiger partial charge in [0.1, 0.15) is 52.2 Å². The lowest BCUT2D eigenvalue weighted by atomic mass is 10.3. The molecule has 14 rings (SSSR count). The van der Waals surface area contributed by atoms with Gasteiger partial charge in [-0.25, -0.2) is 45.0 Å². The second kappa shape index (κ2) is 41.0. The summed E-state index contributed by atoms with van der Waals surface area (Å²) in [6.45, 7) is 9.23. The Morgan fingerprint density at radius 3 is 1.33 bits per heavy atom. The maximum Gasteiger partial charge on any atom is 0.348 e. The zero-order valence-electron chi connectivity index (χ0n) is 65.9. The van der Waals surface area contributed by atoms with E-state index in [1.165, 1.54) is 67.3 Å². The second-order valence-corrected chi connectivity index (χ2v) is 33.3. The topological polar surface area (TPSA) is 613 Å². The molecule has 0 aliphatic heterocycles. The predicted octanol–water partition coefficient (Wildman–Crippen LogP) is 9.00. The number of aryl methyl sites for hydroxylation is 5. The highest BCUT2D eigenvalue weighted by molar-refractivity contribution is 7.92. The highest BCUT2D eigenvalue weighted by Gasteiger charge is 2.19. The van der Waals surface area contributed by atoms with E-state index in [-0.39, 0.29) is 27.1 Å². The summed E-state index contributed by atoms with van der Waals surface area (Å²) in [7, 11) is -7.35. The number of sulfonamides is 2. The highest BCUT2D eigenvalue weighted by atomic mass is 35.5. The molecule has 41 nitrogen and oxygen atoms in total. The summed E-state index contributed by atoms with van der Waals surface area (Å²) in [6, 6.07) is 49.8. The first-order valence-corrected chi connectivity index (χ1v) is 42.2. The molecule has 0 spiro atoms. The number of primary amides is 1. The van der Waals surface area contributed by atoms with Crippen LogP contribution in [0.25, 0.3) is 28.4 Å². The molecule has 48 heteroatoms. The second-order valence-electron chi connectivity index (χ2n) is 25.7. The van der Waals surface area contributed by atoms with Gasteiger partial charge >= 0.3 is 6.03 Å². The molecule has 9 heterocycles. The Hall–Kier alpha value is -13.5. The van der Waals surface area contributed by atoms with Gasteiger partial charge in [-0.05, 0) is 120 Å². The predicted molar refractivity (Wildman–Crippen MR) is 465 cm³/mol. The molecule has 120 heavy (non-hydrogen) atoms. The number of rotatable bonds is 15. The van der Waals surface area contributed by atoms with Crippen LogP contribution in [0.4, 0.5) is 68.7 Å². The number of halogens is 3. The van der Waals surface area contributed by atoms with E-state index in [2.05, 4.69) is 70.7 Å². The Labute approximate surface area is 704 Å². The van der Waals surface area contributed by atoms with Crippen LogP contribution < -0.4 is 64.7 Å². The number of anilines is 11. The highest BCUT2D eigenvalue weighted by Crippen LogP contribution is 2.34. The smallest absolute Gasteiger partial charge is 0.348 e. The molecule has 21 N–H and O–H groups in total. The van der Waals surface area contributed by atoms with Gasteiger partial charge in [-0.15, -0.1) is 5.10 Å². The van der Waals surface area contributed by atoms with E-state index in [0.29, 0.717) is 78.4 Å². The van der Waals surface area contributed by atoms with Crippen LogP contribution >= 0.6 is 34.8 Å². The van der Waals surface area contributed by atoms with Crippen molar-refractivity contribution < 1.29 is 52.4 Å². The standard InChI is InChI=1S/C12H15N3O3S.C10H8Cl3N3.C10H11N5O.C10H12N4O2S.C10H10N4O.C10H11N3O3S.C6H11N3.C4H8N4O2S/c1-9-7-12(14(2)3)15(13-9)10-5-4-6-11(8-10)19(16,17)18;1-5-2-9(14)16(15-5)10-7(12)3-6(11)4-8(10)13;1-7-5-9(11)15(14-7)10(16)13-8-3-2-4-12-6-8;1-17(15,16)13-10-7-9(11)14(12-10)8-5-3-2-4-6-8;11-9-6-8(10(12)15)13-14(9)7-4-2-1-3-5-7;1-7-5-10(11)13(12-7)8-3-2-4-9(6-8)17(14,15)16;1-5-4-6(8-7-5)9(2)3;1-11(9,10)8-4-2-3(5)6-7-4/h4-8H,1-3H3,(H,16,17,18);2-4H,14H2,1H3;2-6H,11H2,1H3,(H,13,16);2-7H,11H2,1H3,(H,12,13);1-6H,11H2,(H2,12,15);2-6H,11H2,1H3,(H,14,15,16);4H,1-3H3,(H,7,8);2H,1H3,(H4,5,6,7,8). The molecule has 0 radical (unpaired) electrons. The Kier molecular flexibility index (Phi) is 32.0. The normalized spacial score (nSPS) is 10.9. The molecule has 636 valence electrons. The SMILES string of the molecule is CS(=O)(=O)Nc1cc(N)[nH]n1.CS(=O)(=O)Nc1cc(N)n(-c2ccccc2)n1.Cc1cc(N(C)C)n(-c2cccc(S(=O)(=O)O)c2)n1.Cc1cc(N(C)C)n[nH]1.Cc1cc(N)n(-c2c(Cl)cc(Cl)cc2Cl)n1.Cc1cc(N)n(-c2cccc(S(=O)(=O)O)c2)n1.Cc1cc(N)n(C(=O)Nc2cccnc2)n1.NC(=O)c1cc(N)n(-c2ccccc2)n1. The van der Waals surface area contributed by atoms with Crippen LogP contribution in [0.1, 0.15) is 39.0 Å². The molecule has 0 aliphatic rings. The van der Waals surface area contributed by atoms with E-state index in [4.69, 9.17) is 84.0 Å². The third-order valence-electron chi connectivity index (χ3n) is 14.9. The summed E-state index contributed by atoms with van der Waals surface area (Å²) in [4.78, 5) is 30.0. The fraction of sp³-hybridized carbons (Fsp3) is 0.153. The summed E-state index contributed by atoms with van der Waals surface area (Å²) in [5, 5.41) is 41.4. The number of hydrogen-bond donors (Lipinski definition) is 14. The van der Waals surface area contributed by atoms with Gasteiger partial charge in [0.2, 0.25) is 20.0 Å². The van der Waals surface area contributed by atoms with Gasteiger partial charge < -0.3 is 55.3 Å². The molecule has 0 saturated carbocycles. The number of amides is 2. The molecule has 2 amide bonds. The van der Waals surface area contributed by atoms with E-state index in [1.807, 2.05) is 132 Å². The molecule has 9 aromatic heterocycles. The average molecular weight is 1780 g/mol. The number of carbonyl (C=O) groups excluding carboxylic acids is 2. The van der Waals surface area contributed by atoms with Crippen LogP contribution in [0.15, 0.2) is 204 Å². The summed E-state index contributed by atoms with van der Waals surface area (Å²) in [6.07, 6.45) is 5.27. The number of carbonyl (C=O) groups is 2. The van der Waals surface area contributed by atoms with Crippen molar-refractivity contribution in [3.8, 4) is 28.4 Å². The number of hydrogen-bond acceptors (Lipinski definition) is 27. The number of para-hydroxylation sites is 2. The monoisotopic (exact) mass is 1780 g/mol. The first kappa shape index (κ1) is 93.6. The number of pyridine rings is 1. The maximum absolute atomic E-state index is 11.7. The van der Waals surface area contributed by atoms with Crippen LogP contribution in [-0.2, 0) is 40.3 Å². The Morgan fingerprint density at radius 1 is 0.458 bits per heavy atom. The number of nitrogen functional groups attached to an aromatic ring is 6. The minimum absolute atomic E-state index is 0.150. The Bertz CT molecular complexity index is 6290. The van der Waals surface area contributed by atoms with Gasteiger partial charge in [0, 0.05) is 93.6 Å². The van der Waals surface area contributed by atoms with Crippen LogP contribution in [0.3, 0.4) is 0 Å². The van der Waals surface area contributed by atoms with Gasteiger partial charge in [0.25, 0.3) is 26.1 Å². The van der Waals surface area contributed by atoms with E-state index >= 15 is 0 Å². The molecular formula is C72H86Cl3N29O12S4. The number of benzene rings is 5. The lowest BCUT2D eigenvalue weighted by Gasteiger charge is -2.14. The van der Waals surface area contributed by atoms with E-state index < -0.39 is 52.2 Å². The lowest BCUT2D eigenvalue weighted by molar-refractivity contribution is 0.0995. The van der Waals surface area contributed by atoms with E-state index in [1.54, 1.807) is 91.6 Å². The van der Waals surface area contributed by atoms with Gasteiger partial charge in [0.05, 0.1) is 89.8 Å². The fourth-order valence-corrected chi connectivity index (χ4v) is 12.9. The number of aromatic amines is 2. The zero-order chi connectivity index (χ0) is 88.9. The van der Waals surface area contributed by atoms with Crippen LogP contribution in [0.5, 0.6) is 0 Å². The number of H-pyrrole nitrogens is 2. The average Bonchev–Trinajstić information content (AvgIpc) is 1.69. The first-order valence-electron chi connectivity index (χ1n) is 34.4. The Morgan fingerprint density at radius 2 is 0.917 bits per heavy atom. The quantitative estimate of drug-likeness (QED) is 0.0425. The van der Waals surface area contributed by atoms with Crippen molar-refractivity contribution in [2.75, 3.05) is 99.7 Å². The molecule has 14 aromatic rings. The molecule has 0 fully saturated rings. The zero-order valence-corrected chi connectivity index (χ0v) is 71.4. The summed E-state index contributed by atoms with van der Waals surface area (Å²) in [5.41, 5.74) is 47.0. The molecule has 5 aromatic carbocycles. The summed E-state index contributed by atoms with van der Waals surface area (Å²) in [5.74, 6) is 3.86. The molecule has 0 atom stereocenters. The van der Waals surface area contributed by atoms with Gasteiger partial charge in [-0.1, -0.05) is 83.3 Å². The lowest BCUT2D eigenvalue weighted by Crippen LogP contribution is -2.22. The van der Waals surface area contributed by atoms with Gasteiger partial charge in [-0.3, -0.25) is 38.5 Å². The largest absolute Gasteiger partial charge is 0.384 e. The number of aromatic nitrogens is 17. The minimum atomic E-state index is -4.22. The third kappa shape index (κ3) is 28.4. The van der Waals surface area contributed by atoms with Crippen molar-refractivity contribution in [3.63, 3.8) is 0 Å². The fourth-order valence-electron chi connectivity index (χ4n) is 9.92. The van der Waals surface area contributed by atoms with E-state index in [0.717, 1.165) is 63.0 Å². The molecule has 0 unspecified atom stereocenters. The number of nitrogens with zero attached hydrogens (tertiary/aromatic N) is 17. The van der Waals surface area contributed by atoms with Crippen molar-refractivity contribution in [1.82, 2.24) is 84.1 Å². The first-order chi connectivity index (χ1) is 56.1.